The number of nitrogens with zero attached hydrogens (tertiary/aromatic N) is 1. The molecule has 1 heterocycles. The average Bonchev–Trinajstić information content (AvgIpc) is 2.39. The van der Waals surface area contributed by atoms with Crippen LogP contribution in [0, 0.1) is 0 Å². The fraction of sp³-hybridized carbons (Fsp3) is 0.357. The Morgan fingerprint density at radius 2 is 2.11 bits per heavy atom. The molecule has 4 nitrogen and oxygen atoms in total. The molecule has 18 heavy (non-hydrogen) atoms. The van der Waals surface area contributed by atoms with Crippen molar-refractivity contribution < 1.29 is 4.79 Å². The molecule has 0 unspecified atom stereocenters. The van der Waals surface area contributed by atoms with Gasteiger partial charge in [0, 0.05) is 25.2 Å². The Balaban J connectivity index is 1.75. The maximum atomic E-state index is 11.7. The van der Waals surface area contributed by atoms with Crippen LogP contribution in [0.5, 0.6) is 0 Å². The summed E-state index contributed by atoms with van der Waals surface area (Å²) in [6, 6.07) is 9.73. The van der Waals surface area contributed by atoms with Crippen LogP contribution in [0.15, 0.2) is 42.1 Å². The summed E-state index contributed by atoms with van der Waals surface area (Å²) >= 11 is 0. The molecule has 2 N–H and O–H groups in total. The predicted molar refractivity (Wildman–Crippen MR) is 71.6 cm³/mol. The molecule has 2 rings (SSSR count). The molecule has 0 saturated heterocycles. The molecule has 0 fully saturated rings. The van der Waals surface area contributed by atoms with Gasteiger partial charge in [0.2, 0.25) is 5.91 Å². The number of amides is 1. The third-order valence-corrected chi connectivity index (χ3v) is 2.98. The van der Waals surface area contributed by atoms with Gasteiger partial charge in [0.15, 0.2) is 0 Å². The number of rotatable bonds is 4. The third-order valence-electron chi connectivity index (χ3n) is 2.98. The highest BCUT2D eigenvalue weighted by molar-refractivity contribution is 5.78. The van der Waals surface area contributed by atoms with E-state index in [-0.39, 0.29) is 5.91 Å². The van der Waals surface area contributed by atoms with Crippen molar-refractivity contribution >= 4 is 5.91 Å². The van der Waals surface area contributed by atoms with E-state index in [1.807, 2.05) is 30.3 Å². The summed E-state index contributed by atoms with van der Waals surface area (Å²) in [5.41, 5.74) is 7.85. The number of benzene rings is 1. The molecule has 1 aromatic rings. The lowest BCUT2D eigenvalue weighted by molar-refractivity contribution is -0.121. The molecule has 0 saturated carbocycles. The Kier molecular flexibility index (Phi) is 4.36. The fourth-order valence-electron chi connectivity index (χ4n) is 1.86. The van der Waals surface area contributed by atoms with Crippen LogP contribution in [0.4, 0.5) is 0 Å². The van der Waals surface area contributed by atoms with Crippen LogP contribution in [0.3, 0.4) is 0 Å². The summed E-state index contributed by atoms with van der Waals surface area (Å²) in [5, 5.41) is 0. The van der Waals surface area contributed by atoms with Gasteiger partial charge in [0.1, 0.15) is 0 Å². The predicted octanol–water partition coefficient (Wildman–Crippen LogP) is 1.07. The first-order valence-corrected chi connectivity index (χ1v) is 6.20. The first-order chi connectivity index (χ1) is 8.74. The molecule has 0 radical (unpaired) electrons. The second-order valence-corrected chi connectivity index (χ2v) is 4.58. The van der Waals surface area contributed by atoms with Crippen molar-refractivity contribution in [3.63, 3.8) is 0 Å². The van der Waals surface area contributed by atoms with Gasteiger partial charge < -0.3 is 10.3 Å². The maximum absolute atomic E-state index is 11.7. The Morgan fingerprint density at radius 1 is 1.33 bits per heavy atom. The van der Waals surface area contributed by atoms with E-state index >= 15 is 0 Å². The number of carbonyl (C=O) groups is 1. The molecule has 0 spiro atoms. The van der Waals surface area contributed by atoms with Crippen molar-refractivity contribution in [3.05, 3.63) is 47.7 Å². The molecule has 0 aromatic heterocycles. The van der Waals surface area contributed by atoms with Crippen LogP contribution in [-0.4, -0.2) is 30.9 Å². The monoisotopic (exact) mass is 245 g/mol. The minimum absolute atomic E-state index is 0.0129. The molecule has 1 aliphatic rings. The average molecular weight is 245 g/mol. The SMILES string of the molecule is CN1CC=C(NNC(=O)Cc2ccccc2)CC1. The lowest BCUT2D eigenvalue weighted by atomic mass is 10.1. The second-order valence-electron chi connectivity index (χ2n) is 4.58. The van der Waals surface area contributed by atoms with Gasteiger partial charge in [-0.1, -0.05) is 30.3 Å². The summed E-state index contributed by atoms with van der Waals surface area (Å²) in [5.74, 6) is -0.0129. The van der Waals surface area contributed by atoms with Crippen molar-refractivity contribution in [1.82, 2.24) is 15.8 Å². The molecule has 96 valence electrons. The first kappa shape index (κ1) is 12.6. The maximum Gasteiger partial charge on any atom is 0.242 e. The molecular formula is C14H19N3O. The Labute approximate surface area is 108 Å². The molecular weight excluding hydrogens is 226 g/mol. The quantitative estimate of drug-likeness (QED) is 0.780. The number of hydrogen-bond donors (Lipinski definition) is 2. The second kappa shape index (κ2) is 6.21. The van der Waals surface area contributed by atoms with Crippen molar-refractivity contribution in [2.75, 3.05) is 20.1 Å². The molecule has 0 bridgehead atoms. The highest BCUT2D eigenvalue weighted by Gasteiger charge is 2.08. The van der Waals surface area contributed by atoms with Crippen LogP contribution >= 0.6 is 0 Å². The van der Waals surface area contributed by atoms with Crippen molar-refractivity contribution in [3.8, 4) is 0 Å². The zero-order chi connectivity index (χ0) is 12.8. The van der Waals surface area contributed by atoms with E-state index in [1.54, 1.807) is 0 Å². The summed E-state index contributed by atoms with van der Waals surface area (Å²) in [6.45, 7) is 1.95. The summed E-state index contributed by atoms with van der Waals surface area (Å²) in [6.07, 6.45) is 3.45. The standard InChI is InChI=1S/C14H19N3O/c1-17-9-7-13(8-10-17)15-16-14(18)11-12-5-3-2-4-6-12/h2-7,15H,8-11H2,1H3,(H,16,18). The van der Waals surface area contributed by atoms with Crippen LogP contribution in [0.2, 0.25) is 0 Å². The third kappa shape index (κ3) is 3.89. The van der Waals surface area contributed by atoms with E-state index in [1.165, 1.54) is 0 Å². The fourth-order valence-corrected chi connectivity index (χ4v) is 1.86. The van der Waals surface area contributed by atoms with E-state index in [0.29, 0.717) is 6.42 Å². The van der Waals surface area contributed by atoms with Gasteiger partial charge >= 0.3 is 0 Å². The number of carbonyl (C=O) groups excluding carboxylic acids is 1. The zero-order valence-corrected chi connectivity index (χ0v) is 10.6. The van der Waals surface area contributed by atoms with Gasteiger partial charge in [-0.2, -0.15) is 0 Å². The number of hydrogen-bond acceptors (Lipinski definition) is 3. The van der Waals surface area contributed by atoms with Gasteiger partial charge in [-0.3, -0.25) is 10.2 Å². The smallest absolute Gasteiger partial charge is 0.242 e. The van der Waals surface area contributed by atoms with E-state index < -0.39 is 0 Å². The number of likely N-dealkylation sites (N-methyl/N-ethyl adjacent to an activating group) is 1. The van der Waals surface area contributed by atoms with E-state index in [4.69, 9.17) is 0 Å². The first-order valence-electron chi connectivity index (χ1n) is 6.20. The Morgan fingerprint density at radius 3 is 2.78 bits per heavy atom. The van der Waals surface area contributed by atoms with E-state index in [9.17, 15) is 4.79 Å². The molecule has 0 aliphatic carbocycles. The van der Waals surface area contributed by atoms with Crippen LogP contribution < -0.4 is 10.9 Å². The molecule has 4 heteroatoms. The minimum Gasteiger partial charge on any atom is -0.303 e. The molecule has 0 atom stereocenters. The van der Waals surface area contributed by atoms with Crippen molar-refractivity contribution in [2.45, 2.75) is 12.8 Å². The topological polar surface area (TPSA) is 44.4 Å². The van der Waals surface area contributed by atoms with Gasteiger partial charge in [-0.25, -0.2) is 0 Å². The highest BCUT2D eigenvalue weighted by Crippen LogP contribution is 2.04. The van der Waals surface area contributed by atoms with Gasteiger partial charge in [-0.15, -0.1) is 0 Å². The van der Waals surface area contributed by atoms with Crippen LogP contribution in [0.25, 0.3) is 0 Å². The number of hydrazine groups is 1. The van der Waals surface area contributed by atoms with Crippen LogP contribution in [0.1, 0.15) is 12.0 Å². The van der Waals surface area contributed by atoms with Crippen molar-refractivity contribution in [2.24, 2.45) is 0 Å². The van der Waals surface area contributed by atoms with Gasteiger partial charge in [-0.05, 0) is 18.7 Å². The largest absolute Gasteiger partial charge is 0.303 e. The normalized spacial score (nSPS) is 15.9. The summed E-state index contributed by atoms with van der Waals surface area (Å²) in [4.78, 5) is 13.9. The lowest BCUT2D eigenvalue weighted by Crippen LogP contribution is -2.40. The van der Waals surface area contributed by atoms with Gasteiger partial charge in [0.05, 0.1) is 6.42 Å². The van der Waals surface area contributed by atoms with E-state index in [0.717, 1.165) is 30.8 Å². The van der Waals surface area contributed by atoms with Gasteiger partial charge in [0.25, 0.3) is 0 Å². The van der Waals surface area contributed by atoms with Crippen LogP contribution in [-0.2, 0) is 11.2 Å². The zero-order valence-electron chi connectivity index (χ0n) is 10.6. The Hall–Kier alpha value is -1.81. The highest BCUT2D eigenvalue weighted by atomic mass is 16.2. The summed E-state index contributed by atoms with van der Waals surface area (Å²) < 4.78 is 0. The number of nitrogens with one attached hydrogen (secondary N) is 2. The minimum atomic E-state index is -0.0129. The lowest BCUT2D eigenvalue weighted by Gasteiger charge is -2.22. The Bertz CT molecular complexity index is 428. The van der Waals surface area contributed by atoms with Crippen molar-refractivity contribution in [1.29, 1.82) is 0 Å². The molecule has 1 amide bonds. The van der Waals surface area contributed by atoms with E-state index in [2.05, 4.69) is 28.9 Å². The summed E-state index contributed by atoms with van der Waals surface area (Å²) in [7, 11) is 2.08. The molecule has 1 aromatic carbocycles. The molecule has 1 aliphatic heterocycles.